The van der Waals surface area contributed by atoms with Crippen LogP contribution in [0, 0.1) is 27.2 Å². The lowest BCUT2D eigenvalue weighted by Crippen LogP contribution is -2.16. The Labute approximate surface area is 131 Å². The SMILES string of the molecule is Cc1ccc([N+](=O)[O-])cc1NC(=O)Cc1ccccc1[N+](=O)[O-]. The highest BCUT2D eigenvalue weighted by Gasteiger charge is 2.17. The first-order chi connectivity index (χ1) is 10.9. The zero-order valence-corrected chi connectivity index (χ0v) is 12.2. The third kappa shape index (κ3) is 3.88. The summed E-state index contributed by atoms with van der Waals surface area (Å²) in [6, 6.07) is 10.1. The molecule has 1 amide bonds. The molecule has 0 aliphatic rings. The molecule has 0 heterocycles. The average molecular weight is 315 g/mol. The molecule has 8 nitrogen and oxygen atoms in total. The number of nitro benzene ring substituents is 2. The van der Waals surface area contributed by atoms with E-state index in [9.17, 15) is 25.0 Å². The Kier molecular flexibility index (Phi) is 4.65. The third-order valence-electron chi connectivity index (χ3n) is 3.25. The minimum atomic E-state index is -0.558. The van der Waals surface area contributed by atoms with Gasteiger partial charge in [-0.05, 0) is 12.5 Å². The van der Waals surface area contributed by atoms with Crippen molar-refractivity contribution in [1.82, 2.24) is 0 Å². The smallest absolute Gasteiger partial charge is 0.273 e. The van der Waals surface area contributed by atoms with E-state index in [1.54, 1.807) is 13.0 Å². The van der Waals surface area contributed by atoms with Gasteiger partial charge in [0.2, 0.25) is 5.91 Å². The Morgan fingerprint density at radius 1 is 1.09 bits per heavy atom. The summed E-state index contributed by atoms with van der Waals surface area (Å²) in [7, 11) is 0. The van der Waals surface area contributed by atoms with Crippen molar-refractivity contribution in [3.05, 3.63) is 73.8 Å². The summed E-state index contributed by atoms with van der Waals surface area (Å²) in [6.45, 7) is 1.70. The molecule has 0 fully saturated rings. The molecule has 0 atom stereocenters. The summed E-state index contributed by atoms with van der Waals surface area (Å²) in [6.07, 6.45) is -0.195. The topological polar surface area (TPSA) is 115 Å². The minimum absolute atomic E-state index is 0.140. The second-order valence-electron chi connectivity index (χ2n) is 4.87. The molecule has 0 bridgehead atoms. The molecule has 0 saturated carbocycles. The standard InChI is InChI=1S/C15H13N3O5/c1-10-6-7-12(17(20)21)9-13(10)16-15(19)8-11-4-2-3-5-14(11)18(22)23/h2-7,9H,8H2,1H3,(H,16,19). The minimum Gasteiger partial charge on any atom is -0.325 e. The average Bonchev–Trinajstić information content (AvgIpc) is 2.49. The van der Waals surface area contributed by atoms with E-state index < -0.39 is 15.8 Å². The molecule has 1 N–H and O–H groups in total. The number of anilines is 1. The van der Waals surface area contributed by atoms with Crippen LogP contribution in [-0.2, 0) is 11.2 Å². The number of para-hydroxylation sites is 1. The van der Waals surface area contributed by atoms with Crippen LogP contribution in [0.5, 0.6) is 0 Å². The van der Waals surface area contributed by atoms with Crippen LogP contribution in [-0.4, -0.2) is 15.8 Å². The van der Waals surface area contributed by atoms with Crippen LogP contribution in [0.25, 0.3) is 0 Å². The van der Waals surface area contributed by atoms with Crippen LogP contribution >= 0.6 is 0 Å². The van der Waals surface area contributed by atoms with Gasteiger partial charge in [0.15, 0.2) is 0 Å². The number of hydrogen-bond donors (Lipinski definition) is 1. The van der Waals surface area contributed by atoms with Crippen molar-refractivity contribution in [2.24, 2.45) is 0 Å². The predicted molar refractivity (Wildman–Crippen MR) is 83.3 cm³/mol. The molecule has 0 aromatic heterocycles. The van der Waals surface area contributed by atoms with Crippen molar-refractivity contribution < 1.29 is 14.6 Å². The zero-order valence-electron chi connectivity index (χ0n) is 12.2. The molecule has 2 aromatic rings. The Bertz CT molecular complexity index is 788. The summed E-state index contributed by atoms with van der Waals surface area (Å²) in [4.78, 5) is 32.7. The molecule has 118 valence electrons. The normalized spacial score (nSPS) is 10.1. The summed E-state index contributed by atoms with van der Waals surface area (Å²) >= 11 is 0. The van der Waals surface area contributed by atoms with Crippen LogP contribution in [0.15, 0.2) is 42.5 Å². The van der Waals surface area contributed by atoms with E-state index >= 15 is 0 Å². The van der Waals surface area contributed by atoms with E-state index in [1.165, 1.54) is 36.4 Å². The number of benzene rings is 2. The number of non-ortho nitro benzene ring substituents is 1. The first-order valence-electron chi connectivity index (χ1n) is 6.65. The maximum atomic E-state index is 12.1. The molecule has 8 heteroatoms. The molecular weight excluding hydrogens is 302 g/mol. The van der Waals surface area contributed by atoms with Crippen molar-refractivity contribution in [1.29, 1.82) is 0 Å². The van der Waals surface area contributed by atoms with E-state index in [2.05, 4.69) is 5.32 Å². The van der Waals surface area contributed by atoms with Gasteiger partial charge >= 0.3 is 0 Å². The van der Waals surface area contributed by atoms with Crippen molar-refractivity contribution in [2.45, 2.75) is 13.3 Å². The fraction of sp³-hybridized carbons (Fsp3) is 0.133. The Hall–Kier alpha value is -3.29. The highest BCUT2D eigenvalue weighted by molar-refractivity contribution is 5.93. The maximum Gasteiger partial charge on any atom is 0.273 e. The van der Waals surface area contributed by atoms with Crippen molar-refractivity contribution in [3.8, 4) is 0 Å². The zero-order chi connectivity index (χ0) is 17.0. The summed E-state index contributed by atoms with van der Waals surface area (Å²) in [5.74, 6) is -0.483. The molecule has 0 spiro atoms. The molecule has 0 unspecified atom stereocenters. The van der Waals surface area contributed by atoms with E-state index in [1.807, 2.05) is 0 Å². The van der Waals surface area contributed by atoms with Gasteiger partial charge in [0.25, 0.3) is 11.4 Å². The monoisotopic (exact) mass is 315 g/mol. The van der Waals surface area contributed by atoms with Gasteiger partial charge in [0, 0.05) is 23.8 Å². The number of hydrogen-bond acceptors (Lipinski definition) is 5. The van der Waals surface area contributed by atoms with Crippen LogP contribution in [0.2, 0.25) is 0 Å². The lowest BCUT2D eigenvalue weighted by Gasteiger charge is -2.08. The van der Waals surface area contributed by atoms with Crippen LogP contribution in [0.3, 0.4) is 0 Å². The lowest BCUT2D eigenvalue weighted by molar-refractivity contribution is -0.385. The number of aryl methyl sites for hydroxylation is 1. The van der Waals surface area contributed by atoms with E-state index in [4.69, 9.17) is 0 Å². The molecule has 2 rings (SSSR count). The van der Waals surface area contributed by atoms with E-state index in [0.29, 0.717) is 11.3 Å². The van der Waals surface area contributed by atoms with E-state index in [0.717, 1.165) is 0 Å². The number of nitrogens with zero attached hydrogens (tertiary/aromatic N) is 2. The molecule has 2 aromatic carbocycles. The first kappa shape index (κ1) is 16.1. The summed E-state index contributed by atoms with van der Waals surface area (Å²) < 4.78 is 0. The molecule has 0 aliphatic heterocycles. The molecule has 0 saturated heterocycles. The number of nitrogens with one attached hydrogen (secondary N) is 1. The van der Waals surface area contributed by atoms with Crippen molar-refractivity contribution >= 4 is 23.0 Å². The largest absolute Gasteiger partial charge is 0.325 e. The number of amides is 1. The Morgan fingerprint density at radius 2 is 1.78 bits per heavy atom. The predicted octanol–water partition coefficient (Wildman–Crippen LogP) is 2.99. The second kappa shape index (κ2) is 6.65. The van der Waals surface area contributed by atoms with Crippen molar-refractivity contribution in [3.63, 3.8) is 0 Å². The fourth-order valence-corrected chi connectivity index (χ4v) is 2.06. The van der Waals surface area contributed by atoms with Crippen LogP contribution < -0.4 is 5.32 Å². The quantitative estimate of drug-likeness (QED) is 0.672. The number of nitro groups is 2. The number of carbonyl (C=O) groups is 1. The van der Waals surface area contributed by atoms with Crippen molar-refractivity contribution in [2.75, 3.05) is 5.32 Å². The van der Waals surface area contributed by atoms with Gasteiger partial charge in [-0.15, -0.1) is 0 Å². The molecule has 0 aliphatic carbocycles. The van der Waals surface area contributed by atoms with Gasteiger partial charge in [-0.3, -0.25) is 25.0 Å². The van der Waals surface area contributed by atoms with Gasteiger partial charge in [-0.25, -0.2) is 0 Å². The van der Waals surface area contributed by atoms with Gasteiger partial charge in [0.1, 0.15) is 0 Å². The highest BCUT2D eigenvalue weighted by Crippen LogP contribution is 2.23. The highest BCUT2D eigenvalue weighted by atomic mass is 16.6. The summed E-state index contributed by atoms with van der Waals surface area (Å²) in [5.41, 5.74) is 0.961. The molecular formula is C15H13N3O5. The molecule has 23 heavy (non-hydrogen) atoms. The Balaban J connectivity index is 2.19. The lowest BCUT2D eigenvalue weighted by atomic mass is 10.1. The van der Waals surface area contributed by atoms with Crippen LogP contribution in [0.1, 0.15) is 11.1 Å². The maximum absolute atomic E-state index is 12.1. The van der Waals surface area contributed by atoms with Crippen LogP contribution in [0.4, 0.5) is 17.1 Å². The molecule has 0 radical (unpaired) electrons. The van der Waals surface area contributed by atoms with Gasteiger partial charge < -0.3 is 5.32 Å². The van der Waals surface area contributed by atoms with Gasteiger partial charge in [-0.1, -0.05) is 24.3 Å². The Morgan fingerprint density at radius 3 is 2.43 bits per heavy atom. The summed E-state index contributed by atoms with van der Waals surface area (Å²) in [5, 5.41) is 24.3. The number of rotatable bonds is 5. The van der Waals surface area contributed by atoms with Gasteiger partial charge in [0.05, 0.1) is 22.0 Å². The third-order valence-corrected chi connectivity index (χ3v) is 3.25. The number of carbonyl (C=O) groups excluding carboxylic acids is 1. The van der Waals surface area contributed by atoms with Gasteiger partial charge in [-0.2, -0.15) is 0 Å². The second-order valence-corrected chi connectivity index (χ2v) is 4.87. The first-order valence-corrected chi connectivity index (χ1v) is 6.65. The fourth-order valence-electron chi connectivity index (χ4n) is 2.06. The van der Waals surface area contributed by atoms with E-state index in [-0.39, 0.29) is 23.4 Å².